The van der Waals surface area contributed by atoms with Gasteiger partial charge in [0.1, 0.15) is 0 Å². The number of anilines is 1. The number of hydrogen-bond donors (Lipinski definition) is 1. The minimum Gasteiger partial charge on any atom is -0.361 e. The maximum absolute atomic E-state index is 4.73. The van der Waals surface area contributed by atoms with Gasteiger partial charge in [0.15, 0.2) is 5.13 Å². The van der Waals surface area contributed by atoms with E-state index < -0.39 is 0 Å². The van der Waals surface area contributed by atoms with Crippen molar-refractivity contribution in [3.8, 4) is 0 Å². The first-order valence-electron chi connectivity index (χ1n) is 6.87. The summed E-state index contributed by atoms with van der Waals surface area (Å²) in [5.41, 5.74) is 3.09. The third kappa shape index (κ3) is 1.72. The number of rotatable bonds is 4. The minimum absolute atomic E-state index is 0.646. The molecule has 0 unspecified atom stereocenters. The van der Waals surface area contributed by atoms with Gasteiger partial charge in [0, 0.05) is 6.54 Å². The molecule has 1 N–H and O–H groups in total. The lowest BCUT2D eigenvalue weighted by Crippen LogP contribution is -2.17. The predicted octanol–water partition coefficient (Wildman–Crippen LogP) is 4.21. The molecule has 4 rings (SSSR count). The van der Waals surface area contributed by atoms with Gasteiger partial charge in [-0.05, 0) is 55.6 Å². The fourth-order valence-corrected chi connectivity index (χ4v) is 3.94. The molecule has 1 aromatic carbocycles. The van der Waals surface area contributed by atoms with E-state index in [2.05, 4.69) is 30.4 Å². The number of nitrogens with one attached hydrogen (secondary N) is 1. The van der Waals surface area contributed by atoms with E-state index in [0.29, 0.717) is 5.41 Å². The maximum Gasteiger partial charge on any atom is 0.183 e. The standard InChI is InChI=1S/C15H18N2S/c1-10-3-2-4-12-13(10)17-14(18-12)16-9-15(7-8-15)11-5-6-11/h2-4,11H,5-9H2,1H3,(H,16,17). The summed E-state index contributed by atoms with van der Waals surface area (Å²) in [6.45, 7) is 3.27. The monoisotopic (exact) mass is 258 g/mol. The Morgan fingerprint density at radius 3 is 2.89 bits per heavy atom. The smallest absolute Gasteiger partial charge is 0.183 e. The van der Waals surface area contributed by atoms with Crippen LogP contribution < -0.4 is 5.32 Å². The van der Waals surface area contributed by atoms with Gasteiger partial charge in [0.05, 0.1) is 10.2 Å². The van der Waals surface area contributed by atoms with Gasteiger partial charge in [0.2, 0.25) is 0 Å². The highest BCUT2D eigenvalue weighted by molar-refractivity contribution is 7.22. The van der Waals surface area contributed by atoms with Crippen molar-refractivity contribution in [1.82, 2.24) is 4.98 Å². The quantitative estimate of drug-likeness (QED) is 0.888. The number of aromatic nitrogens is 1. The molecule has 0 aliphatic heterocycles. The van der Waals surface area contributed by atoms with Gasteiger partial charge < -0.3 is 5.32 Å². The number of fused-ring (bicyclic) bond motifs is 1. The molecule has 0 spiro atoms. The van der Waals surface area contributed by atoms with Crippen LogP contribution in [0.2, 0.25) is 0 Å². The van der Waals surface area contributed by atoms with Gasteiger partial charge in [-0.25, -0.2) is 4.98 Å². The Kier molecular flexibility index (Phi) is 2.22. The molecular formula is C15H18N2S. The Balaban J connectivity index is 1.54. The van der Waals surface area contributed by atoms with Crippen LogP contribution in [0.25, 0.3) is 10.2 Å². The van der Waals surface area contributed by atoms with Crippen molar-refractivity contribution in [2.45, 2.75) is 32.6 Å². The number of hydrogen-bond acceptors (Lipinski definition) is 3. The molecule has 2 saturated carbocycles. The van der Waals surface area contributed by atoms with Crippen LogP contribution in [0, 0.1) is 18.3 Å². The zero-order valence-corrected chi connectivity index (χ0v) is 11.5. The second-order valence-corrected chi connectivity index (χ2v) is 6.96. The Hall–Kier alpha value is -1.09. The largest absolute Gasteiger partial charge is 0.361 e. The second kappa shape index (κ2) is 3.70. The molecule has 0 amide bonds. The van der Waals surface area contributed by atoms with E-state index in [4.69, 9.17) is 4.98 Å². The van der Waals surface area contributed by atoms with E-state index in [1.165, 1.54) is 41.5 Å². The molecule has 2 nitrogen and oxygen atoms in total. The van der Waals surface area contributed by atoms with Crippen LogP contribution in [-0.4, -0.2) is 11.5 Å². The van der Waals surface area contributed by atoms with Crippen molar-refractivity contribution < 1.29 is 0 Å². The predicted molar refractivity (Wildman–Crippen MR) is 77.2 cm³/mol. The summed E-state index contributed by atoms with van der Waals surface area (Å²) in [6.07, 6.45) is 5.77. The Morgan fingerprint density at radius 2 is 2.22 bits per heavy atom. The zero-order chi connectivity index (χ0) is 12.2. The lowest BCUT2D eigenvalue weighted by molar-refractivity contribution is 0.467. The van der Waals surface area contributed by atoms with Gasteiger partial charge in [-0.15, -0.1) is 0 Å². The van der Waals surface area contributed by atoms with Gasteiger partial charge in [0.25, 0.3) is 0 Å². The molecule has 3 heteroatoms. The maximum atomic E-state index is 4.73. The molecule has 2 aliphatic rings. The first kappa shape index (κ1) is 10.8. The van der Waals surface area contributed by atoms with E-state index in [1.54, 1.807) is 11.3 Å². The van der Waals surface area contributed by atoms with E-state index in [1.807, 2.05) is 0 Å². The molecule has 2 aromatic rings. The number of nitrogens with zero attached hydrogens (tertiary/aromatic N) is 1. The van der Waals surface area contributed by atoms with Gasteiger partial charge in [-0.2, -0.15) is 0 Å². The normalized spacial score (nSPS) is 21.2. The van der Waals surface area contributed by atoms with Gasteiger partial charge in [-0.1, -0.05) is 23.5 Å². The van der Waals surface area contributed by atoms with Crippen LogP contribution in [0.5, 0.6) is 0 Å². The van der Waals surface area contributed by atoms with E-state index in [-0.39, 0.29) is 0 Å². The summed E-state index contributed by atoms with van der Waals surface area (Å²) < 4.78 is 1.30. The summed E-state index contributed by atoms with van der Waals surface area (Å²) in [6, 6.07) is 6.42. The molecule has 0 atom stereocenters. The molecule has 0 saturated heterocycles. The van der Waals surface area contributed by atoms with Crippen LogP contribution in [-0.2, 0) is 0 Å². The fraction of sp³-hybridized carbons (Fsp3) is 0.533. The third-order valence-corrected chi connectivity index (χ3v) is 5.53. The Labute approximate surface area is 111 Å². The molecule has 94 valence electrons. The summed E-state index contributed by atoms with van der Waals surface area (Å²) in [4.78, 5) is 4.73. The van der Waals surface area contributed by atoms with Gasteiger partial charge in [-0.3, -0.25) is 0 Å². The number of aryl methyl sites for hydroxylation is 1. The SMILES string of the molecule is Cc1cccc2sc(NCC3(C4CC4)CC3)nc12. The molecule has 2 aliphatic carbocycles. The summed E-state index contributed by atoms with van der Waals surface area (Å²) in [7, 11) is 0. The van der Waals surface area contributed by atoms with Crippen molar-refractivity contribution in [1.29, 1.82) is 0 Å². The minimum atomic E-state index is 0.646. The Bertz CT molecular complexity index is 594. The molecule has 1 aromatic heterocycles. The molecule has 1 heterocycles. The van der Waals surface area contributed by atoms with Crippen molar-refractivity contribution >= 4 is 26.7 Å². The molecular weight excluding hydrogens is 240 g/mol. The van der Waals surface area contributed by atoms with Crippen molar-refractivity contribution in [3.63, 3.8) is 0 Å². The van der Waals surface area contributed by atoms with E-state index in [0.717, 1.165) is 17.6 Å². The van der Waals surface area contributed by atoms with E-state index in [9.17, 15) is 0 Å². The van der Waals surface area contributed by atoms with Gasteiger partial charge >= 0.3 is 0 Å². The number of thiazole rings is 1. The van der Waals surface area contributed by atoms with Crippen LogP contribution in [0.15, 0.2) is 18.2 Å². The lowest BCUT2D eigenvalue weighted by Gasteiger charge is -2.13. The van der Waals surface area contributed by atoms with Crippen molar-refractivity contribution in [2.75, 3.05) is 11.9 Å². The van der Waals surface area contributed by atoms with E-state index >= 15 is 0 Å². The van der Waals surface area contributed by atoms with Crippen molar-refractivity contribution in [3.05, 3.63) is 23.8 Å². The van der Waals surface area contributed by atoms with Crippen molar-refractivity contribution in [2.24, 2.45) is 11.3 Å². The lowest BCUT2D eigenvalue weighted by atomic mass is 10.0. The zero-order valence-electron chi connectivity index (χ0n) is 10.7. The fourth-order valence-electron chi connectivity index (χ4n) is 3.00. The van der Waals surface area contributed by atoms with Crippen LogP contribution in [0.4, 0.5) is 5.13 Å². The average Bonchev–Trinajstić information content (AvgIpc) is 3.24. The highest BCUT2D eigenvalue weighted by atomic mass is 32.1. The highest BCUT2D eigenvalue weighted by Gasteiger charge is 2.53. The average molecular weight is 258 g/mol. The number of para-hydroxylation sites is 1. The third-order valence-electron chi connectivity index (χ3n) is 4.55. The van der Waals surface area contributed by atoms with Crippen LogP contribution >= 0.6 is 11.3 Å². The summed E-state index contributed by atoms with van der Waals surface area (Å²) in [5.74, 6) is 1.01. The highest BCUT2D eigenvalue weighted by Crippen LogP contribution is 2.61. The second-order valence-electron chi connectivity index (χ2n) is 5.93. The Morgan fingerprint density at radius 1 is 1.39 bits per heavy atom. The van der Waals surface area contributed by atoms with Crippen LogP contribution in [0.1, 0.15) is 31.2 Å². The molecule has 0 radical (unpaired) electrons. The first-order valence-corrected chi connectivity index (χ1v) is 7.69. The topological polar surface area (TPSA) is 24.9 Å². The number of benzene rings is 1. The summed E-state index contributed by atoms with van der Waals surface area (Å²) >= 11 is 1.79. The van der Waals surface area contributed by atoms with Crippen LogP contribution in [0.3, 0.4) is 0 Å². The molecule has 18 heavy (non-hydrogen) atoms. The summed E-state index contributed by atoms with van der Waals surface area (Å²) in [5, 5.41) is 4.70. The molecule has 0 bridgehead atoms. The molecule has 2 fully saturated rings. The first-order chi connectivity index (χ1) is 8.77.